The molecule has 0 saturated carbocycles. The molecule has 0 spiro atoms. The molecule has 0 amide bonds. The number of hydrogen-bond acceptors (Lipinski definition) is 2. The van der Waals surface area contributed by atoms with E-state index in [2.05, 4.69) is 9.97 Å². The van der Waals surface area contributed by atoms with Crippen LogP contribution in [0.4, 0.5) is 13.2 Å². The monoisotopic (exact) mass is 232 g/mol. The van der Waals surface area contributed by atoms with Gasteiger partial charge >= 0.3 is 6.18 Å². The van der Waals surface area contributed by atoms with Crippen molar-refractivity contribution < 1.29 is 13.2 Å². The van der Waals surface area contributed by atoms with Crippen LogP contribution in [-0.4, -0.2) is 16.2 Å². The second kappa shape index (κ2) is 3.44. The van der Waals surface area contributed by atoms with Gasteiger partial charge in [0.25, 0.3) is 0 Å². The molecule has 0 aliphatic heterocycles. The molecule has 0 bridgehead atoms. The molecule has 0 radical (unpaired) electrons. The van der Waals surface area contributed by atoms with Gasteiger partial charge < -0.3 is 4.98 Å². The van der Waals surface area contributed by atoms with Gasteiger partial charge in [0, 0.05) is 4.90 Å². The van der Waals surface area contributed by atoms with E-state index in [1.54, 1.807) is 18.2 Å². The van der Waals surface area contributed by atoms with Crippen LogP contribution in [0.3, 0.4) is 0 Å². The molecule has 1 N–H and O–H groups in total. The number of aromatic amines is 1. The number of benzene rings is 1. The Balaban J connectivity index is 2.56. The minimum atomic E-state index is -4.42. The molecule has 0 atom stereocenters. The normalized spacial score (nSPS) is 12.3. The summed E-state index contributed by atoms with van der Waals surface area (Å²) >= 11 is 1.47. The van der Waals surface area contributed by atoms with Crippen LogP contribution in [0.2, 0.25) is 0 Å². The molecule has 2 aromatic rings. The van der Waals surface area contributed by atoms with Crippen LogP contribution < -0.4 is 0 Å². The molecule has 0 saturated heterocycles. The Bertz CT molecular complexity index is 490. The van der Waals surface area contributed by atoms with Gasteiger partial charge in [0.1, 0.15) is 0 Å². The molecule has 0 aliphatic carbocycles. The molecular formula is C9H7F3N2S. The van der Waals surface area contributed by atoms with Gasteiger partial charge in [0.2, 0.25) is 5.82 Å². The molecule has 1 heterocycles. The fourth-order valence-corrected chi connectivity index (χ4v) is 1.68. The predicted molar refractivity (Wildman–Crippen MR) is 52.9 cm³/mol. The predicted octanol–water partition coefficient (Wildman–Crippen LogP) is 3.30. The van der Waals surface area contributed by atoms with Crippen molar-refractivity contribution in [3.8, 4) is 0 Å². The standard InChI is InChI=1S/C9H7F3N2S/c1-15-5-2-3-6-7(4-5)14-8(13-6)9(10,11)12/h2-4H,1H3,(H,13,14). The lowest BCUT2D eigenvalue weighted by atomic mass is 10.3. The first-order chi connectivity index (χ1) is 7.00. The zero-order valence-corrected chi connectivity index (χ0v) is 8.54. The number of aromatic nitrogens is 2. The van der Waals surface area contributed by atoms with Crippen molar-refractivity contribution in [2.24, 2.45) is 0 Å². The number of H-pyrrole nitrogens is 1. The van der Waals surface area contributed by atoms with E-state index >= 15 is 0 Å². The second-order valence-corrected chi connectivity index (χ2v) is 3.85. The van der Waals surface area contributed by atoms with Crippen LogP contribution in [0.15, 0.2) is 23.1 Å². The minimum absolute atomic E-state index is 0.342. The van der Waals surface area contributed by atoms with Gasteiger partial charge in [-0.1, -0.05) is 0 Å². The Labute approximate surface area is 87.9 Å². The first kappa shape index (κ1) is 10.4. The molecule has 0 fully saturated rings. The zero-order valence-electron chi connectivity index (χ0n) is 7.72. The van der Waals surface area contributed by atoms with Gasteiger partial charge in [0.15, 0.2) is 0 Å². The van der Waals surface area contributed by atoms with E-state index < -0.39 is 12.0 Å². The Morgan fingerprint density at radius 1 is 1.33 bits per heavy atom. The highest BCUT2D eigenvalue weighted by Crippen LogP contribution is 2.29. The second-order valence-electron chi connectivity index (χ2n) is 2.97. The number of imidazole rings is 1. The van der Waals surface area contributed by atoms with Gasteiger partial charge in [-0.2, -0.15) is 13.2 Å². The lowest BCUT2D eigenvalue weighted by molar-refractivity contribution is -0.144. The van der Waals surface area contributed by atoms with Gasteiger partial charge in [0.05, 0.1) is 11.0 Å². The van der Waals surface area contributed by atoms with E-state index in [4.69, 9.17) is 0 Å². The van der Waals surface area contributed by atoms with Crippen LogP contribution in [0.25, 0.3) is 11.0 Å². The molecule has 15 heavy (non-hydrogen) atoms. The third-order valence-corrected chi connectivity index (χ3v) is 2.68. The van der Waals surface area contributed by atoms with Crippen molar-refractivity contribution in [3.05, 3.63) is 24.0 Å². The maximum atomic E-state index is 12.3. The molecule has 0 aliphatic rings. The Kier molecular flexibility index (Phi) is 2.38. The maximum Gasteiger partial charge on any atom is 0.449 e. The fraction of sp³-hybridized carbons (Fsp3) is 0.222. The first-order valence-electron chi connectivity index (χ1n) is 4.11. The number of hydrogen-bond donors (Lipinski definition) is 1. The zero-order chi connectivity index (χ0) is 11.1. The molecule has 0 unspecified atom stereocenters. The number of nitrogens with zero attached hydrogens (tertiary/aromatic N) is 1. The summed E-state index contributed by atoms with van der Waals surface area (Å²) in [5, 5.41) is 0. The van der Waals surface area contributed by atoms with E-state index in [0.717, 1.165) is 4.90 Å². The highest BCUT2D eigenvalue weighted by Gasteiger charge is 2.34. The summed E-state index contributed by atoms with van der Waals surface area (Å²) in [7, 11) is 0. The van der Waals surface area contributed by atoms with Crippen molar-refractivity contribution in [1.82, 2.24) is 9.97 Å². The number of alkyl halides is 3. The smallest absolute Gasteiger partial charge is 0.334 e. The van der Waals surface area contributed by atoms with Gasteiger partial charge in [-0.05, 0) is 24.5 Å². The quantitative estimate of drug-likeness (QED) is 0.764. The molecule has 2 nitrogen and oxygen atoms in total. The number of nitrogens with one attached hydrogen (secondary N) is 1. The van der Waals surface area contributed by atoms with E-state index in [9.17, 15) is 13.2 Å². The van der Waals surface area contributed by atoms with E-state index in [0.29, 0.717) is 11.0 Å². The first-order valence-corrected chi connectivity index (χ1v) is 5.34. The SMILES string of the molecule is CSc1ccc2[nH]c(C(F)(F)F)nc2c1. The van der Waals surface area contributed by atoms with E-state index in [1.807, 2.05) is 6.26 Å². The van der Waals surface area contributed by atoms with Gasteiger partial charge in [-0.15, -0.1) is 11.8 Å². The Hall–Kier alpha value is -1.17. The van der Waals surface area contributed by atoms with Crippen LogP contribution in [0.1, 0.15) is 5.82 Å². The van der Waals surface area contributed by atoms with Crippen LogP contribution in [0, 0.1) is 0 Å². The third kappa shape index (κ3) is 1.94. The van der Waals surface area contributed by atoms with Gasteiger partial charge in [-0.3, -0.25) is 0 Å². The molecule has 6 heteroatoms. The van der Waals surface area contributed by atoms with Crippen LogP contribution >= 0.6 is 11.8 Å². The topological polar surface area (TPSA) is 28.7 Å². The van der Waals surface area contributed by atoms with Crippen LogP contribution in [0.5, 0.6) is 0 Å². The largest absolute Gasteiger partial charge is 0.449 e. The average molecular weight is 232 g/mol. The van der Waals surface area contributed by atoms with E-state index in [-0.39, 0.29) is 0 Å². The van der Waals surface area contributed by atoms with E-state index in [1.165, 1.54) is 11.8 Å². The average Bonchev–Trinajstić information content (AvgIpc) is 2.59. The molecule has 2 rings (SSSR count). The number of fused-ring (bicyclic) bond motifs is 1. The van der Waals surface area contributed by atoms with Crippen molar-refractivity contribution in [1.29, 1.82) is 0 Å². The number of halogens is 3. The summed E-state index contributed by atoms with van der Waals surface area (Å²) in [6.45, 7) is 0. The Morgan fingerprint density at radius 2 is 2.07 bits per heavy atom. The lowest BCUT2D eigenvalue weighted by Crippen LogP contribution is -2.06. The third-order valence-electron chi connectivity index (χ3n) is 1.96. The number of thioether (sulfide) groups is 1. The molecular weight excluding hydrogens is 225 g/mol. The van der Waals surface area contributed by atoms with Crippen molar-refractivity contribution in [3.63, 3.8) is 0 Å². The molecule has 80 valence electrons. The van der Waals surface area contributed by atoms with Crippen LogP contribution in [-0.2, 0) is 6.18 Å². The van der Waals surface area contributed by atoms with Gasteiger partial charge in [-0.25, -0.2) is 4.98 Å². The highest BCUT2D eigenvalue weighted by atomic mass is 32.2. The highest BCUT2D eigenvalue weighted by molar-refractivity contribution is 7.98. The minimum Gasteiger partial charge on any atom is -0.334 e. The van der Waals surface area contributed by atoms with Crippen molar-refractivity contribution in [2.75, 3.05) is 6.26 Å². The summed E-state index contributed by atoms with van der Waals surface area (Å²) < 4.78 is 36.9. The summed E-state index contributed by atoms with van der Waals surface area (Å²) in [5.41, 5.74) is 0.745. The summed E-state index contributed by atoms with van der Waals surface area (Å²) in [4.78, 5) is 6.63. The molecule has 1 aromatic heterocycles. The van der Waals surface area contributed by atoms with Crippen molar-refractivity contribution in [2.45, 2.75) is 11.1 Å². The Morgan fingerprint density at radius 3 is 2.67 bits per heavy atom. The fourth-order valence-electron chi connectivity index (χ4n) is 1.25. The summed E-state index contributed by atoms with van der Waals surface area (Å²) in [6, 6.07) is 4.99. The lowest BCUT2D eigenvalue weighted by Gasteiger charge is -1.98. The molecule has 1 aromatic carbocycles. The summed E-state index contributed by atoms with van der Waals surface area (Å²) in [6.07, 6.45) is -2.56. The van der Waals surface area contributed by atoms with Crippen molar-refractivity contribution >= 4 is 22.8 Å². The number of rotatable bonds is 1. The maximum absolute atomic E-state index is 12.3. The summed E-state index contributed by atoms with van der Waals surface area (Å²) in [5.74, 6) is -0.948.